The molecule has 0 bridgehead atoms. The Morgan fingerprint density at radius 3 is 1.63 bits per heavy atom. The molecule has 0 amide bonds. The summed E-state index contributed by atoms with van der Waals surface area (Å²) >= 11 is 0. The van der Waals surface area contributed by atoms with Crippen molar-refractivity contribution in [1.29, 1.82) is 0 Å². The number of carbonyl (C=O) groups excluding carboxylic acids is 2. The maximum atomic E-state index is 12.2. The van der Waals surface area contributed by atoms with Crippen LogP contribution in [0.3, 0.4) is 0 Å². The van der Waals surface area contributed by atoms with E-state index in [-0.39, 0.29) is 18.0 Å². The van der Waals surface area contributed by atoms with Crippen LogP contribution in [0.4, 0.5) is 0 Å². The topological polar surface area (TPSA) is 61.8 Å². The number of Topliss-reactive ketones (excluding diaryl/α,β-unsaturated/α-hetero) is 2. The molecule has 0 aliphatic heterocycles. The predicted octanol–water partition coefficient (Wildman–Crippen LogP) is 2.36. The summed E-state index contributed by atoms with van der Waals surface area (Å²) in [5, 5.41) is 0. The lowest BCUT2D eigenvalue weighted by molar-refractivity contribution is -0.126. The zero-order chi connectivity index (χ0) is 14.9. The van der Waals surface area contributed by atoms with Crippen LogP contribution in [-0.2, 0) is 22.9 Å². The minimum Gasteiger partial charge on any atom is -0.373 e. The molecule has 0 aromatic rings. The molecule has 1 atom stereocenters. The highest BCUT2D eigenvalue weighted by molar-refractivity contribution is 6.66. The average Bonchev–Trinajstić information content (AvgIpc) is 2.29. The molecule has 5 nitrogen and oxygen atoms in total. The van der Waals surface area contributed by atoms with Crippen LogP contribution in [0.15, 0.2) is 0 Å². The molecular formula is C13H26O5Si. The van der Waals surface area contributed by atoms with Gasteiger partial charge in [0.2, 0.25) is 0 Å². The third-order valence-corrected chi connectivity index (χ3v) is 6.34. The summed E-state index contributed by atoms with van der Waals surface area (Å²) in [5.41, 5.74) is -0.462. The van der Waals surface area contributed by atoms with Gasteiger partial charge in [-0.3, -0.25) is 9.59 Å². The summed E-state index contributed by atoms with van der Waals surface area (Å²) in [4.78, 5) is 23.4. The summed E-state index contributed by atoms with van der Waals surface area (Å²) < 4.78 is 17.2. The van der Waals surface area contributed by atoms with Crippen LogP contribution in [-0.4, -0.2) is 40.2 Å². The van der Waals surface area contributed by atoms with Crippen LogP contribution in [0.25, 0.3) is 0 Å². The highest BCUT2D eigenvalue weighted by atomic mass is 28.4. The molecule has 0 N–H and O–H groups in total. The van der Waals surface area contributed by atoms with E-state index in [2.05, 4.69) is 0 Å². The maximum Gasteiger partial charge on any atom is 0.511 e. The second kappa shape index (κ2) is 9.36. The fourth-order valence-corrected chi connectivity index (χ4v) is 5.13. The number of hydrogen-bond donors (Lipinski definition) is 0. The summed E-state index contributed by atoms with van der Waals surface area (Å²) in [6.07, 6.45) is 0.471. The highest BCUT2D eigenvalue weighted by Gasteiger charge is 2.51. The van der Waals surface area contributed by atoms with Crippen LogP contribution in [0, 0.1) is 0 Å². The van der Waals surface area contributed by atoms with Crippen molar-refractivity contribution < 1.29 is 22.9 Å². The molecule has 0 aliphatic carbocycles. The van der Waals surface area contributed by atoms with Crippen LogP contribution in [0.1, 0.15) is 47.5 Å². The Morgan fingerprint density at radius 1 is 0.947 bits per heavy atom. The minimum atomic E-state index is -3.06. The molecule has 0 heterocycles. The van der Waals surface area contributed by atoms with Gasteiger partial charge in [0.1, 0.15) is 11.6 Å². The Bertz CT molecular complexity index is 276. The van der Waals surface area contributed by atoms with E-state index in [0.29, 0.717) is 26.2 Å². The molecule has 0 aliphatic rings. The van der Waals surface area contributed by atoms with Crippen molar-refractivity contribution in [3.8, 4) is 0 Å². The Morgan fingerprint density at radius 2 is 1.37 bits per heavy atom. The molecule has 1 unspecified atom stereocenters. The van der Waals surface area contributed by atoms with Crippen molar-refractivity contribution >= 4 is 20.4 Å². The van der Waals surface area contributed by atoms with Gasteiger partial charge in [-0.15, -0.1) is 0 Å². The zero-order valence-corrected chi connectivity index (χ0v) is 13.7. The van der Waals surface area contributed by atoms with E-state index < -0.39 is 14.3 Å². The monoisotopic (exact) mass is 290 g/mol. The highest BCUT2D eigenvalue weighted by Crippen LogP contribution is 2.31. The maximum absolute atomic E-state index is 12.2. The van der Waals surface area contributed by atoms with E-state index >= 15 is 0 Å². The van der Waals surface area contributed by atoms with Crippen molar-refractivity contribution in [3.63, 3.8) is 0 Å². The zero-order valence-electron chi connectivity index (χ0n) is 12.7. The smallest absolute Gasteiger partial charge is 0.373 e. The summed E-state index contributed by atoms with van der Waals surface area (Å²) in [6, 6.07) is 0. The molecule has 6 heteroatoms. The Balaban J connectivity index is 5.23. The van der Waals surface area contributed by atoms with E-state index in [1.165, 1.54) is 6.92 Å². The van der Waals surface area contributed by atoms with Crippen molar-refractivity contribution in [2.45, 2.75) is 53.0 Å². The third kappa shape index (κ3) is 5.52. The van der Waals surface area contributed by atoms with Crippen molar-refractivity contribution in [1.82, 2.24) is 0 Å². The molecular weight excluding hydrogens is 264 g/mol. The van der Waals surface area contributed by atoms with Crippen LogP contribution in [0.5, 0.6) is 0 Å². The summed E-state index contributed by atoms with van der Waals surface area (Å²) in [5.74, 6) is -0.284. The van der Waals surface area contributed by atoms with E-state index in [9.17, 15) is 9.59 Å². The van der Waals surface area contributed by atoms with Crippen molar-refractivity contribution in [2.75, 3.05) is 19.8 Å². The van der Waals surface area contributed by atoms with E-state index in [1.54, 1.807) is 0 Å². The van der Waals surface area contributed by atoms with Crippen molar-refractivity contribution in [2.24, 2.45) is 0 Å². The quantitative estimate of drug-likeness (QED) is 0.432. The molecule has 0 saturated heterocycles. The first-order valence-electron chi connectivity index (χ1n) is 6.91. The molecule has 0 fully saturated rings. The number of rotatable bonds is 11. The number of hydrogen-bond acceptors (Lipinski definition) is 5. The van der Waals surface area contributed by atoms with Gasteiger partial charge in [0, 0.05) is 19.8 Å². The Labute approximate surface area is 117 Å². The van der Waals surface area contributed by atoms with Gasteiger partial charge in [0.15, 0.2) is 0 Å². The fourth-order valence-electron chi connectivity index (χ4n) is 2.07. The fraction of sp³-hybridized carbons (Fsp3) is 0.846. The molecule has 0 saturated carbocycles. The number of carbonyl (C=O) groups is 2. The average molecular weight is 290 g/mol. The first kappa shape index (κ1) is 18.4. The van der Waals surface area contributed by atoms with E-state index in [0.717, 1.165) is 0 Å². The van der Waals surface area contributed by atoms with Gasteiger partial charge in [0.05, 0.1) is 12.0 Å². The van der Waals surface area contributed by atoms with Gasteiger partial charge in [-0.25, -0.2) is 0 Å². The summed E-state index contributed by atoms with van der Waals surface area (Å²) in [6.45, 7) is 10.1. The normalized spacial score (nSPS) is 13.3. The first-order chi connectivity index (χ1) is 8.97. The minimum absolute atomic E-state index is 0.0829. The molecule has 0 radical (unpaired) electrons. The van der Waals surface area contributed by atoms with Gasteiger partial charge < -0.3 is 13.3 Å². The molecule has 0 spiro atoms. The molecule has 112 valence electrons. The van der Waals surface area contributed by atoms with Gasteiger partial charge in [-0.05, 0) is 34.1 Å². The van der Waals surface area contributed by atoms with Crippen LogP contribution >= 0.6 is 0 Å². The molecule has 0 rings (SSSR count). The van der Waals surface area contributed by atoms with Crippen LogP contribution in [0.2, 0.25) is 5.54 Å². The lowest BCUT2D eigenvalue weighted by Crippen LogP contribution is -2.52. The Kier molecular flexibility index (Phi) is 9.08. The third-order valence-electron chi connectivity index (χ3n) is 2.68. The van der Waals surface area contributed by atoms with E-state index in [1.807, 2.05) is 27.7 Å². The second-order valence-electron chi connectivity index (χ2n) is 4.21. The van der Waals surface area contributed by atoms with E-state index in [4.69, 9.17) is 13.3 Å². The van der Waals surface area contributed by atoms with Crippen molar-refractivity contribution in [3.05, 3.63) is 0 Å². The lowest BCUT2D eigenvalue weighted by atomic mass is 10.1. The number of ketones is 2. The van der Waals surface area contributed by atoms with Gasteiger partial charge in [-0.1, -0.05) is 6.92 Å². The van der Waals surface area contributed by atoms with Gasteiger partial charge >= 0.3 is 8.80 Å². The predicted molar refractivity (Wildman–Crippen MR) is 75.0 cm³/mol. The van der Waals surface area contributed by atoms with Crippen LogP contribution < -0.4 is 0 Å². The lowest BCUT2D eigenvalue weighted by Gasteiger charge is -2.33. The SMILES string of the molecule is CCO[Si](OCC)(OCC)C(CC)C(=O)CC(C)=O. The molecule has 19 heavy (non-hydrogen) atoms. The second-order valence-corrected chi connectivity index (χ2v) is 6.98. The largest absolute Gasteiger partial charge is 0.511 e. The first-order valence-corrected chi connectivity index (χ1v) is 8.71. The molecule has 0 aromatic heterocycles. The van der Waals surface area contributed by atoms with Gasteiger partial charge in [-0.2, -0.15) is 0 Å². The Hall–Kier alpha value is -0.563. The summed E-state index contributed by atoms with van der Waals surface area (Å²) in [7, 11) is -3.06. The van der Waals surface area contributed by atoms with Gasteiger partial charge in [0.25, 0.3) is 0 Å². The standard InChI is InChI=1S/C13H26O5Si/c1-6-13(12(15)10-11(5)14)19(16-7-2,17-8-3)18-9-4/h13H,6-10H2,1-5H3. The molecule has 0 aromatic carbocycles.